The van der Waals surface area contributed by atoms with Crippen molar-refractivity contribution in [2.24, 2.45) is 0 Å². The van der Waals surface area contributed by atoms with E-state index in [2.05, 4.69) is 4.74 Å². The molecule has 25 heavy (non-hydrogen) atoms. The van der Waals surface area contributed by atoms with E-state index in [0.29, 0.717) is 10.8 Å². The summed E-state index contributed by atoms with van der Waals surface area (Å²) < 4.78 is 86.3. The van der Waals surface area contributed by atoms with Gasteiger partial charge in [0.05, 0.1) is 18.6 Å². The maximum Gasteiger partial charge on any atom is 0.431 e. The minimum Gasteiger partial charge on any atom is -0.462 e. The van der Waals surface area contributed by atoms with E-state index in [4.69, 9.17) is 4.55 Å². The number of benzene rings is 2. The van der Waals surface area contributed by atoms with Gasteiger partial charge in [0.25, 0.3) is 0 Å². The summed E-state index contributed by atoms with van der Waals surface area (Å²) in [5.41, 5.74) is 0.0444. The molecule has 0 bridgehead atoms. The molecule has 0 spiro atoms. The summed E-state index contributed by atoms with van der Waals surface area (Å²) in [6, 6.07) is 11.2. The number of carbonyl (C=O) groups excluding carboxylic acids is 1. The maximum absolute atomic E-state index is 13.3. The van der Waals surface area contributed by atoms with Crippen LogP contribution >= 0.6 is 0 Å². The quantitative estimate of drug-likeness (QED) is 0.471. The van der Waals surface area contributed by atoms with E-state index in [1.165, 1.54) is 12.1 Å². The molecular formula is C15H12F4O5S. The number of fused-ring (bicyclic) bond motifs is 1. The highest BCUT2D eigenvalue weighted by Gasteiger charge is 2.65. The summed E-state index contributed by atoms with van der Waals surface area (Å²) in [4.78, 5) is 12.0. The fraction of sp³-hybridized carbons (Fsp3) is 0.267. The van der Waals surface area contributed by atoms with Crippen molar-refractivity contribution in [3.05, 3.63) is 48.0 Å². The first-order chi connectivity index (χ1) is 11.5. The average molecular weight is 380 g/mol. The normalized spacial score (nSPS) is 13.0. The van der Waals surface area contributed by atoms with Gasteiger partial charge in [-0.2, -0.15) is 26.0 Å². The third-order valence-electron chi connectivity index (χ3n) is 3.41. The lowest BCUT2D eigenvalue weighted by atomic mass is 10.0. The lowest BCUT2D eigenvalue weighted by Crippen LogP contribution is -2.47. The van der Waals surface area contributed by atoms with Crippen LogP contribution < -0.4 is 0 Å². The Bertz CT molecular complexity index is 890. The number of ether oxygens (including phenoxy) is 1. The van der Waals surface area contributed by atoms with Gasteiger partial charge in [-0.15, -0.1) is 0 Å². The van der Waals surface area contributed by atoms with Gasteiger partial charge in [-0.05, 0) is 16.8 Å². The van der Waals surface area contributed by atoms with Crippen LogP contribution in [0.1, 0.15) is 16.8 Å². The topological polar surface area (TPSA) is 80.7 Å². The Morgan fingerprint density at radius 2 is 1.64 bits per heavy atom. The second-order valence-electron chi connectivity index (χ2n) is 5.11. The third-order valence-corrected chi connectivity index (χ3v) is 4.36. The average Bonchev–Trinajstić information content (AvgIpc) is 2.52. The lowest BCUT2D eigenvalue weighted by Gasteiger charge is -2.23. The summed E-state index contributed by atoms with van der Waals surface area (Å²) in [7, 11) is -6.32. The van der Waals surface area contributed by atoms with Crippen molar-refractivity contribution in [2.75, 3.05) is 6.61 Å². The molecule has 0 aliphatic rings. The number of hydrogen-bond donors (Lipinski definition) is 1. The number of rotatable bonds is 6. The molecule has 5 nitrogen and oxygen atoms in total. The Morgan fingerprint density at radius 3 is 2.28 bits per heavy atom. The van der Waals surface area contributed by atoms with Gasteiger partial charge >= 0.3 is 27.3 Å². The van der Waals surface area contributed by atoms with Crippen LogP contribution in [-0.2, 0) is 14.9 Å². The van der Waals surface area contributed by atoms with Crippen LogP contribution in [0, 0.1) is 0 Å². The van der Waals surface area contributed by atoms with Crippen LogP contribution in [0.4, 0.5) is 17.6 Å². The number of alkyl halides is 4. The van der Waals surface area contributed by atoms with Crippen molar-refractivity contribution in [2.45, 2.75) is 17.6 Å². The third kappa shape index (κ3) is 3.74. The molecule has 10 heteroatoms. The highest BCUT2D eigenvalue weighted by molar-refractivity contribution is 7.87. The minimum atomic E-state index is -6.32. The first-order valence-electron chi connectivity index (χ1n) is 6.85. The summed E-state index contributed by atoms with van der Waals surface area (Å²) in [5, 5.41) is -4.53. The van der Waals surface area contributed by atoms with Crippen LogP contribution in [0.3, 0.4) is 0 Å². The zero-order valence-electron chi connectivity index (χ0n) is 12.5. The Kier molecular flexibility index (Phi) is 5.05. The zero-order valence-corrected chi connectivity index (χ0v) is 13.3. The van der Waals surface area contributed by atoms with Crippen molar-refractivity contribution >= 4 is 26.9 Å². The fourth-order valence-corrected chi connectivity index (χ4v) is 2.57. The van der Waals surface area contributed by atoms with Crippen molar-refractivity contribution in [3.8, 4) is 0 Å². The molecule has 136 valence electrons. The van der Waals surface area contributed by atoms with Crippen molar-refractivity contribution in [3.63, 3.8) is 0 Å². The van der Waals surface area contributed by atoms with Gasteiger partial charge in [-0.1, -0.05) is 36.4 Å². The smallest absolute Gasteiger partial charge is 0.431 e. The molecule has 0 amide bonds. The Balaban J connectivity index is 2.10. The van der Waals surface area contributed by atoms with Gasteiger partial charge in [0.2, 0.25) is 0 Å². The van der Waals surface area contributed by atoms with Gasteiger partial charge in [0.1, 0.15) is 0 Å². The molecule has 2 rings (SSSR count). The fourth-order valence-electron chi connectivity index (χ4n) is 2.09. The summed E-state index contributed by atoms with van der Waals surface area (Å²) in [5.74, 6) is -6.14. The van der Waals surface area contributed by atoms with E-state index in [9.17, 15) is 30.8 Å². The Morgan fingerprint density at radius 1 is 1.04 bits per heavy atom. The van der Waals surface area contributed by atoms with E-state index in [1.54, 1.807) is 30.3 Å². The van der Waals surface area contributed by atoms with E-state index < -0.39 is 40.3 Å². The highest BCUT2D eigenvalue weighted by atomic mass is 32.2. The SMILES string of the molecule is O=C(OCCC(F)(F)C(F)(F)S(=O)(=O)O)c1cccc2ccccc12. The van der Waals surface area contributed by atoms with Crippen molar-refractivity contribution < 1.29 is 40.1 Å². The van der Waals surface area contributed by atoms with Gasteiger partial charge in [0.15, 0.2) is 0 Å². The predicted octanol–water partition coefficient (Wildman–Crippen LogP) is 3.50. The maximum atomic E-state index is 13.3. The van der Waals surface area contributed by atoms with Crippen LogP contribution in [-0.4, -0.2) is 36.7 Å². The molecule has 0 saturated heterocycles. The molecule has 0 aliphatic heterocycles. The molecular weight excluding hydrogens is 368 g/mol. The Hall–Kier alpha value is -2.20. The first-order valence-corrected chi connectivity index (χ1v) is 8.29. The van der Waals surface area contributed by atoms with E-state index >= 15 is 0 Å². The number of halogens is 4. The largest absolute Gasteiger partial charge is 0.462 e. The number of carbonyl (C=O) groups is 1. The van der Waals surface area contributed by atoms with E-state index in [1.807, 2.05) is 0 Å². The number of esters is 1. The van der Waals surface area contributed by atoms with Crippen molar-refractivity contribution in [1.29, 1.82) is 0 Å². The van der Waals surface area contributed by atoms with Gasteiger partial charge in [0, 0.05) is 0 Å². The molecule has 0 aromatic heterocycles. The molecule has 0 saturated carbocycles. The molecule has 0 heterocycles. The molecule has 0 aliphatic carbocycles. The van der Waals surface area contributed by atoms with E-state index in [0.717, 1.165) is 0 Å². The predicted molar refractivity (Wildman–Crippen MR) is 80.3 cm³/mol. The van der Waals surface area contributed by atoms with Gasteiger partial charge < -0.3 is 4.74 Å². The van der Waals surface area contributed by atoms with Crippen molar-refractivity contribution in [1.82, 2.24) is 0 Å². The second kappa shape index (κ2) is 6.60. The monoisotopic (exact) mass is 380 g/mol. The summed E-state index contributed by atoms with van der Waals surface area (Å²) in [6.45, 7) is -1.17. The molecule has 0 radical (unpaired) electrons. The first kappa shape index (κ1) is 19.1. The van der Waals surface area contributed by atoms with Crippen LogP contribution in [0.5, 0.6) is 0 Å². The van der Waals surface area contributed by atoms with Crippen LogP contribution in [0.25, 0.3) is 10.8 Å². The molecule has 0 unspecified atom stereocenters. The lowest BCUT2D eigenvalue weighted by molar-refractivity contribution is -0.168. The highest BCUT2D eigenvalue weighted by Crippen LogP contribution is 2.40. The van der Waals surface area contributed by atoms with E-state index in [-0.39, 0.29) is 5.56 Å². The molecule has 2 aromatic rings. The summed E-state index contributed by atoms with van der Waals surface area (Å²) >= 11 is 0. The summed E-state index contributed by atoms with van der Waals surface area (Å²) in [6.07, 6.45) is -1.78. The Labute approximate surface area is 140 Å². The minimum absolute atomic E-state index is 0.0444. The van der Waals surface area contributed by atoms with Gasteiger partial charge in [-0.3, -0.25) is 4.55 Å². The second-order valence-corrected chi connectivity index (χ2v) is 6.57. The standard InChI is InChI=1S/C15H12F4O5S/c16-14(17,15(18,19)25(21,22)23)8-9-24-13(20)12-7-3-5-10-4-1-2-6-11(10)12/h1-7H,8-9H2,(H,21,22,23). The molecule has 2 aromatic carbocycles. The molecule has 1 N–H and O–H groups in total. The number of hydrogen-bond acceptors (Lipinski definition) is 4. The van der Waals surface area contributed by atoms with Crippen LogP contribution in [0.2, 0.25) is 0 Å². The van der Waals surface area contributed by atoms with Crippen LogP contribution in [0.15, 0.2) is 42.5 Å². The van der Waals surface area contributed by atoms with Gasteiger partial charge in [-0.25, -0.2) is 4.79 Å². The molecule has 0 fully saturated rings. The zero-order chi connectivity index (χ0) is 18.9. The molecule has 0 atom stereocenters.